The predicted molar refractivity (Wildman–Crippen MR) is 108 cm³/mol. The van der Waals surface area contributed by atoms with E-state index in [0.717, 1.165) is 18.5 Å². The molecular weight excluding hydrogens is 354 g/mol. The maximum absolute atomic E-state index is 13.0. The molecule has 0 radical (unpaired) electrons. The van der Waals surface area contributed by atoms with Gasteiger partial charge in [0.1, 0.15) is 11.3 Å². The number of amides is 1. The van der Waals surface area contributed by atoms with Crippen LogP contribution in [0.2, 0.25) is 0 Å². The van der Waals surface area contributed by atoms with Crippen LogP contribution < -0.4 is 15.6 Å². The van der Waals surface area contributed by atoms with Crippen molar-refractivity contribution in [1.82, 2.24) is 14.9 Å². The van der Waals surface area contributed by atoms with Gasteiger partial charge >= 0.3 is 0 Å². The number of benzene rings is 1. The second-order valence-corrected chi connectivity index (χ2v) is 6.40. The summed E-state index contributed by atoms with van der Waals surface area (Å²) in [5, 5.41) is 2.85. The van der Waals surface area contributed by atoms with Gasteiger partial charge in [-0.3, -0.25) is 19.1 Å². The molecular formula is C22H23N3O3. The summed E-state index contributed by atoms with van der Waals surface area (Å²) in [5.41, 5.74) is 1.99. The fraction of sp³-hybridized carbons (Fsp3) is 0.227. The minimum absolute atomic E-state index is 0.145. The van der Waals surface area contributed by atoms with Gasteiger partial charge in [0.25, 0.3) is 11.5 Å². The summed E-state index contributed by atoms with van der Waals surface area (Å²) in [6.07, 6.45) is 4.92. The van der Waals surface area contributed by atoms with E-state index < -0.39 is 0 Å². The van der Waals surface area contributed by atoms with Crippen molar-refractivity contribution in [3.8, 4) is 11.4 Å². The Hall–Kier alpha value is -3.41. The van der Waals surface area contributed by atoms with Crippen LogP contribution in [0.25, 0.3) is 5.69 Å². The zero-order valence-electron chi connectivity index (χ0n) is 16.0. The number of para-hydroxylation sites is 2. The van der Waals surface area contributed by atoms with Gasteiger partial charge in [0.15, 0.2) is 0 Å². The smallest absolute Gasteiger partial charge is 0.268 e. The fourth-order valence-electron chi connectivity index (χ4n) is 3.03. The number of rotatable bonds is 7. The van der Waals surface area contributed by atoms with Crippen molar-refractivity contribution in [2.45, 2.75) is 19.8 Å². The van der Waals surface area contributed by atoms with Gasteiger partial charge in [0.05, 0.1) is 12.8 Å². The third kappa shape index (κ3) is 4.28. The van der Waals surface area contributed by atoms with Crippen molar-refractivity contribution < 1.29 is 9.53 Å². The largest absolute Gasteiger partial charge is 0.495 e. The Kier molecular flexibility index (Phi) is 6.22. The first-order valence-electron chi connectivity index (χ1n) is 9.15. The second-order valence-electron chi connectivity index (χ2n) is 6.40. The molecule has 1 N–H and O–H groups in total. The number of ether oxygens (including phenoxy) is 1. The fourth-order valence-corrected chi connectivity index (χ4v) is 3.03. The van der Waals surface area contributed by atoms with Gasteiger partial charge in [-0.2, -0.15) is 0 Å². The third-order valence-corrected chi connectivity index (χ3v) is 4.49. The number of pyridine rings is 2. The number of aryl methyl sites for hydroxylation is 2. The summed E-state index contributed by atoms with van der Waals surface area (Å²) < 4.78 is 6.78. The molecule has 0 atom stereocenters. The van der Waals surface area contributed by atoms with Gasteiger partial charge < -0.3 is 10.1 Å². The normalized spacial score (nSPS) is 10.5. The maximum atomic E-state index is 13.0. The number of hydrogen-bond donors (Lipinski definition) is 1. The zero-order chi connectivity index (χ0) is 19.9. The zero-order valence-corrected chi connectivity index (χ0v) is 16.0. The molecule has 0 saturated carbocycles. The average molecular weight is 377 g/mol. The van der Waals surface area contributed by atoms with Crippen LogP contribution in [0.3, 0.4) is 0 Å². The molecule has 0 aliphatic rings. The summed E-state index contributed by atoms with van der Waals surface area (Å²) in [5.74, 6) is 0.197. The van der Waals surface area contributed by atoms with E-state index in [1.54, 1.807) is 44.6 Å². The molecule has 28 heavy (non-hydrogen) atoms. The number of carbonyl (C=O) groups is 1. The monoisotopic (exact) mass is 377 g/mol. The van der Waals surface area contributed by atoms with E-state index >= 15 is 0 Å². The lowest BCUT2D eigenvalue weighted by Gasteiger charge is -2.13. The molecule has 2 aromatic heterocycles. The van der Waals surface area contributed by atoms with Crippen LogP contribution in [0.15, 0.2) is 65.7 Å². The Balaban J connectivity index is 1.76. The molecule has 0 fully saturated rings. The lowest BCUT2D eigenvalue weighted by atomic mass is 10.1. The van der Waals surface area contributed by atoms with Crippen molar-refractivity contribution in [3.63, 3.8) is 0 Å². The predicted octanol–water partition coefficient (Wildman–Crippen LogP) is 2.91. The van der Waals surface area contributed by atoms with Crippen LogP contribution in [0.5, 0.6) is 5.75 Å². The van der Waals surface area contributed by atoms with Crippen LogP contribution in [0, 0.1) is 6.92 Å². The van der Waals surface area contributed by atoms with Crippen molar-refractivity contribution in [3.05, 3.63) is 88.1 Å². The minimum Gasteiger partial charge on any atom is -0.495 e. The topological polar surface area (TPSA) is 73.2 Å². The lowest BCUT2D eigenvalue weighted by molar-refractivity contribution is 0.0950. The minimum atomic E-state index is -0.369. The van der Waals surface area contributed by atoms with Crippen molar-refractivity contribution in [1.29, 1.82) is 0 Å². The Labute approximate surface area is 163 Å². The van der Waals surface area contributed by atoms with Crippen molar-refractivity contribution in [2.75, 3.05) is 13.7 Å². The number of aromatic nitrogens is 2. The molecule has 144 valence electrons. The highest BCUT2D eigenvalue weighted by molar-refractivity contribution is 5.95. The quantitative estimate of drug-likeness (QED) is 0.643. The second kappa shape index (κ2) is 8.99. The highest BCUT2D eigenvalue weighted by Crippen LogP contribution is 2.21. The van der Waals surface area contributed by atoms with Gasteiger partial charge in [-0.25, -0.2) is 0 Å². The first-order chi connectivity index (χ1) is 13.6. The summed E-state index contributed by atoms with van der Waals surface area (Å²) in [6.45, 7) is 2.23. The number of carbonyl (C=O) groups excluding carboxylic acids is 1. The lowest BCUT2D eigenvalue weighted by Crippen LogP contribution is -2.34. The van der Waals surface area contributed by atoms with Crippen LogP contribution in [0.4, 0.5) is 0 Å². The van der Waals surface area contributed by atoms with Gasteiger partial charge in [0.2, 0.25) is 0 Å². The molecule has 0 spiro atoms. The molecule has 0 aliphatic carbocycles. The van der Waals surface area contributed by atoms with Crippen LogP contribution in [0.1, 0.15) is 28.0 Å². The highest BCUT2D eigenvalue weighted by Gasteiger charge is 2.17. The molecule has 6 nitrogen and oxygen atoms in total. The number of methoxy groups -OCH3 is 1. The molecule has 1 aromatic carbocycles. The molecule has 0 aliphatic heterocycles. The third-order valence-electron chi connectivity index (χ3n) is 4.49. The SMILES string of the molecule is COc1ccccc1-n1ccc(C)c(C(=O)NCCCc2ccccn2)c1=O. The van der Waals surface area contributed by atoms with E-state index in [0.29, 0.717) is 23.5 Å². The van der Waals surface area contributed by atoms with Gasteiger partial charge in [-0.05, 0) is 55.7 Å². The Morgan fingerprint density at radius 2 is 1.93 bits per heavy atom. The standard InChI is InChI=1S/C22H23N3O3/c1-16-12-15-25(18-10-3-4-11-19(18)28-2)22(27)20(16)21(26)24-14-7-9-17-8-5-6-13-23-17/h3-6,8,10-13,15H,7,9,14H2,1-2H3,(H,24,26). The molecule has 3 aromatic rings. The van der Waals surface area contributed by atoms with E-state index in [-0.39, 0.29) is 17.0 Å². The summed E-state index contributed by atoms with van der Waals surface area (Å²) in [4.78, 5) is 29.9. The van der Waals surface area contributed by atoms with Gasteiger partial charge in [0, 0.05) is 24.6 Å². The Bertz CT molecular complexity index is 1010. The molecule has 3 rings (SSSR count). The van der Waals surface area contributed by atoms with Gasteiger partial charge in [-0.1, -0.05) is 18.2 Å². The van der Waals surface area contributed by atoms with Crippen LogP contribution in [-0.2, 0) is 6.42 Å². The average Bonchev–Trinajstić information content (AvgIpc) is 2.72. The molecule has 1 amide bonds. The summed E-state index contributed by atoms with van der Waals surface area (Å²) in [6, 6.07) is 14.7. The van der Waals surface area contributed by atoms with E-state index in [4.69, 9.17) is 4.74 Å². The van der Waals surface area contributed by atoms with Crippen molar-refractivity contribution >= 4 is 5.91 Å². The van der Waals surface area contributed by atoms with Crippen molar-refractivity contribution in [2.24, 2.45) is 0 Å². The molecule has 6 heteroatoms. The van der Waals surface area contributed by atoms with E-state index in [2.05, 4.69) is 10.3 Å². The Morgan fingerprint density at radius 3 is 2.68 bits per heavy atom. The summed E-state index contributed by atoms with van der Waals surface area (Å²) in [7, 11) is 1.55. The number of nitrogens with zero attached hydrogens (tertiary/aromatic N) is 2. The van der Waals surface area contributed by atoms with E-state index in [9.17, 15) is 9.59 Å². The first-order valence-corrected chi connectivity index (χ1v) is 9.15. The van der Waals surface area contributed by atoms with E-state index in [1.165, 1.54) is 4.57 Å². The summed E-state index contributed by atoms with van der Waals surface area (Å²) >= 11 is 0. The van der Waals surface area contributed by atoms with Crippen LogP contribution in [-0.4, -0.2) is 29.1 Å². The highest BCUT2D eigenvalue weighted by atomic mass is 16.5. The molecule has 0 saturated heterocycles. The number of hydrogen-bond acceptors (Lipinski definition) is 4. The van der Waals surface area contributed by atoms with Gasteiger partial charge in [-0.15, -0.1) is 0 Å². The molecule has 2 heterocycles. The maximum Gasteiger partial charge on any atom is 0.268 e. The Morgan fingerprint density at radius 1 is 1.14 bits per heavy atom. The number of nitrogens with one attached hydrogen (secondary N) is 1. The molecule has 0 unspecified atom stereocenters. The van der Waals surface area contributed by atoms with E-state index in [1.807, 2.05) is 30.3 Å². The first kappa shape index (κ1) is 19.4. The molecule has 0 bridgehead atoms. The van der Waals surface area contributed by atoms with Crippen LogP contribution >= 0.6 is 0 Å².